The molecule has 16 heavy (non-hydrogen) atoms. The average Bonchev–Trinajstić information content (AvgIpc) is 2.30. The van der Waals surface area contributed by atoms with E-state index >= 15 is 0 Å². The Bertz CT molecular complexity index is 254. The summed E-state index contributed by atoms with van der Waals surface area (Å²) in [6, 6.07) is 10.7. The molecule has 0 radical (unpaired) electrons. The van der Waals surface area contributed by atoms with Gasteiger partial charge in [-0.15, -0.1) is 6.07 Å². The van der Waals surface area contributed by atoms with E-state index in [9.17, 15) is 0 Å². The summed E-state index contributed by atoms with van der Waals surface area (Å²) in [5, 5.41) is 1.45. The molecule has 0 aliphatic heterocycles. The molecule has 0 fully saturated rings. The van der Waals surface area contributed by atoms with Crippen molar-refractivity contribution in [2.45, 2.75) is 26.7 Å². The van der Waals surface area contributed by atoms with Gasteiger partial charge in [0.2, 0.25) is 0 Å². The molecule has 0 aromatic heterocycles. The number of anilines is 1. The third kappa shape index (κ3) is 6.30. The first-order chi connectivity index (χ1) is 7.38. The standard InChI is InChI=1S/C12H18NO2.Ba.H/c1-3-10-14-13(15-11-4-2)12-8-6-5-7-9-12;;/h5-8H,3-4,10-11H2,1-2H3;;/q-1;+2;-1. The van der Waals surface area contributed by atoms with Crippen molar-refractivity contribution < 1.29 is 11.1 Å². The summed E-state index contributed by atoms with van der Waals surface area (Å²) in [6.07, 6.45) is 1.91. The Morgan fingerprint density at radius 1 is 1.19 bits per heavy atom. The molecule has 1 aromatic rings. The Kier molecular flexibility index (Phi) is 11.0. The molecule has 0 atom stereocenters. The largest absolute Gasteiger partial charge is 2.00 e. The molecule has 0 N–H and O–H groups in total. The average molecular weight is 347 g/mol. The third-order valence-electron chi connectivity index (χ3n) is 1.71. The molecule has 0 amide bonds. The van der Waals surface area contributed by atoms with Gasteiger partial charge in [0.1, 0.15) is 0 Å². The molecule has 4 heteroatoms. The number of hydrogen-bond donors (Lipinski definition) is 0. The van der Waals surface area contributed by atoms with Gasteiger partial charge in [-0.05, 0) is 18.5 Å². The van der Waals surface area contributed by atoms with E-state index in [-0.39, 0.29) is 50.3 Å². The van der Waals surface area contributed by atoms with E-state index in [1.54, 1.807) is 0 Å². The van der Waals surface area contributed by atoms with Gasteiger partial charge in [-0.25, -0.2) is 0 Å². The van der Waals surface area contributed by atoms with E-state index in [1.165, 1.54) is 5.23 Å². The van der Waals surface area contributed by atoms with Crippen molar-refractivity contribution >= 4 is 54.6 Å². The van der Waals surface area contributed by atoms with Gasteiger partial charge in [-0.3, -0.25) is 9.68 Å². The molecule has 0 bridgehead atoms. The summed E-state index contributed by atoms with van der Waals surface area (Å²) in [5.74, 6) is 0. The second kappa shape index (κ2) is 10.7. The van der Waals surface area contributed by atoms with E-state index in [0.717, 1.165) is 18.5 Å². The second-order valence-corrected chi connectivity index (χ2v) is 3.17. The van der Waals surface area contributed by atoms with Gasteiger partial charge in [-0.2, -0.15) is 29.5 Å². The molecule has 86 valence electrons. The topological polar surface area (TPSA) is 21.7 Å². The second-order valence-electron chi connectivity index (χ2n) is 3.17. The zero-order valence-electron chi connectivity index (χ0n) is 11.1. The van der Waals surface area contributed by atoms with Crippen LogP contribution in [0.2, 0.25) is 0 Å². The third-order valence-corrected chi connectivity index (χ3v) is 1.71. The Labute approximate surface area is 140 Å². The fraction of sp³-hybridized carbons (Fsp3) is 0.500. The van der Waals surface area contributed by atoms with Crippen molar-refractivity contribution in [2.75, 3.05) is 18.4 Å². The fourth-order valence-electron chi connectivity index (χ4n) is 1.02. The fourth-order valence-corrected chi connectivity index (χ4v) is 1.02. The predicted octanol–water partition coefficient (Wildman–Crippen LogP) is 2.71. The SMILES string of the molecule is CCCON(OCCC)c1[c-]cccc1.[Ba+2].[H-]. The monoisotopic (exact) mass is 347 g/mol. The summed E-state index contributed by atoms with van der Waals surface area (Å²) in [6.45, 7) is 5.41. The zero-order chi connectivity index (χ0) is 10.9. The summed E-state index contributed by atoms with van der Waals surface area (Å²) >= 11 is 0. The number of para-hydroxylation sites is 1. The summed E-state index contributed by atoms with van der Waals surface area (Å²) < 4.78 is 0. The molecule has 0 heterocycles. The molecule has 0 aliphatic carbocycles. The van der Waals surface area contributed by atoms with E-state index < -0.39 is 0 Å². The minimum absolute atomic E-state index is 0. The van der Waals surface area contributed by atoms with Gasteiger partial charge in [0.25, 0.3) is 0 Å². The summed E-state index contributed by atoms with van der Waals surface area (Å²) in [4.78, 5) is 10.9. The van der Waals surface area contributed by atoms with Crippen molar-refractivity contribution in [3.63, 3.8) is 0 Å². The van der Waals surface area contributed by atoms with Crippen molar-refractivity contribution in [3.8, 4) is 0 Å². The smallest absolute Gasteiger partial charge is 1.00 e. The van der Waals surface area contributed by atoms with Crippen LogP contribution < -0.4 is 5.23 Å². The number of benzene rings is 1. The van der Waals surface area contributed by atoms with Crippen LogP contribution >= 0.6 is 0 Å². The molecule has 0 unspecified atom stereocenters. The van der Waals surface area contributed by atoms with Gasteiger partial charge < -0.3 is 1.43 Å². The summed E-state index contributed by atoms with van der Waals surface area (Å²) in [7, 11) is 0. The number of nitrogens with zero attached hydrogens (tertiary/aromatic N) is 1. The van der Waals surface area contributed by atoms with Crippen LogP contribution in [0.1, 0.15) is 28.1 Å². The van der Waals surface area contributed by atoms with Crippen LogP contribution in [0.3, 0.4) is 0 Å². The van der Waals surface area contributed by atoms with E-state index in [1.807, 2.05) is 24.3 Å². The molecule has 0 saturated heterocycles. The van der Waals surface area contributed by atoms with Gasteiger partial charge in [0.15, 0.2) is 0 Å². The van der Waals surface area contributed by atoms with Crippen LogP contribution in [0.15, 0.2) is 24.3 Å². The molecular formula is C12H19BaNO2. The van der Waals surface area contributed by atoms with Crippen molar-refractivity contribution in [1.29, 1.82) is 0 Å². The number of hydrogen-bond acceptors (Lipinski definition) is 3. The Balaban J connectivity index is 0. The Hall–Kier alpha value is 0.511. The number of rotatable bonds is 7. The van der Waals surface area contributed by atoms with Crippen LogP contribution in [0.4, 0.5) is 5.69 Å². The van der Waals surface area contributed by atoms with Gasteiger partial charge in [0.05, 0.1) is 13.2 Å². The van der Waals surface area contributed by atoms with E-state index in [0.29, 0.717) is 13.2 Å². The molecule has 0 aliphatic rings. The molecule has 0 saturated carbocycles. The van der Waals surface area contributed by atoms with E-state index in [2.05, 4.69) is 19.9 Å². The quantitative estimate of drug-likeness (QED) is 0.430. The Morgan fingerprint density at radius 3 is 2.25 bits per heavy atom. The first-order valence-electron chi connectivity index (χ1n) is 5.41. The maximum atomic E-state index is 5.46. The first-order valence-corrected chi connectivity index (χ1v) is 5.41. The van der Waals surface area contributed by atoms with Crippen molar-refractivity contribution in [2.24, 2.45) is 0 Å². The molecule has 3 nitrogen and oxygen atoms in total. The van der Waals surface area contributed by atoms with Gasteiger partial charge in [0, 0.05) is 0 Å². The van der Waals surface area contributed by atoms with Crippen LogP contribution in [-0.2, 0) is 9.68 Å². The Morgan fingerprint density at radius 2 is 1.81 bits per heavy atom. The van der Waals surface area contributed by atoms with Gasteiger partial charge >= 0.3 is 48.9 Å². The zero-order valence-corrected chi connectivity index (χ0v) is 14.5. The molecule has 1 aromatic carbocycles. The predicted molar refractivity (Wildman–Crippen MR) is 67.1 cm³/mol. The van der Waals surface area contributed by atoms with Gasteiger partial charge in [-0.1, -0.05) is 13.8 Å². The van der Waals surface area contributed by atoms with Crippen LogP contribution in [0.25, 0.3) is 0 Å². The molecule has 0 spiro atoms. The van der Waals surface area contributed by atoms with Crippen LogP contribution in [0.5, 0.6) is 0 Å². The van der Waals surface area contributed by atoms with Crippen molar-refractivity contribution in [1.82, 2.24) is 0 Å². The first kappa shape index (κ1) is 16.5. The molecule has 1 rings (SSSR count). The van der Waals surface area contributed by atoms with Crippen LogP contribution in [-0.4, -0.2) is 62.1 Å². The normalized spacial score (nSPS) is 9.62. The van der Waals surface area contributed by atoms with E-state index in [4.69, 9.17) is 9.68 Å². The minimum Gasteiger partial charge on any atom is -1.00 e. The maximum Gasteiger partial charge on any atom is 2.00 e. The van der Waals surface area contributed by atoms with Crippen molar-refractivity contribution in [3.05, 3.63) is 30.3 Å². The minimum atomic E-state index is 0. The maximum absolute atomic E-state index is 5.46. The van der Waals surface area contributed by atoms with Crippen LogP contribution in [0, 0.1) is 6.07 Å². The summed E-state index contributed by atoms with van der Waals surface area (Å²) in [5.41, 5.74) is 0.805. The molecular weight excluding hydrogens is 327 g/mol.